The standard InChI is InChI=1S/C15H13F2NO2S/c1-3-12(17)9-5-10(7-11(16)6-9)14-18-8-13(21-14)15(19)20-4-2/h3,5-8,12H,1,4H2,2H3. The summed E-state index contributed by atoms with van der Waals surface area (Å²) in [6.45, 7) is 5.31. The molecule has 0 N–H and O–H groups in total. The molecule has 0 aliphatic heterocycles. The number of rotatable bonds is 5. The number of hydrogen-bond donors (Lipinski definition) is 0. The summed E-state index contributed by atoms with van der Waals surface area (Å²) in [5.74, 6) is -1.05. The molecule has 1 heterocycles. The van der Waals surface area contributed by atoms with Crippen LogP contribution in [0.15, 0.2) is 37.1 Å². The van der Waals surface area contributed by atoms with Crippen molar-refractivity contribution in [3.63, 3.8) is 0 Å². The quantitative estimate of drug-likeness (QED) is 0.610. The van der Waals surface area contributed by atoms with Gasteiger partial charge < -0.3 is 4.74 Å². The van der Waals surface area contributed by atoms with Gasteiger partial charge in [-0.05, 0) is 30.7 Å². The molecule has 110 valence electrons. The predicted octanol–water partition coefficient (Wildman–Crippen LogP) is 4.32. The molecule has 2 rings (SSSR count). The minimum absolute atomic E-state index is 0.160. The summed E-state index contributed by atoms with van der Waals surface area (Å²) in [6.07, 6.45) is 0.997. The first kappa shape index (κ1) is 15.3. The first-order valence-corrected chi connectivity index (χ1v) is 7.07. The van der Waals surface area contributed by atoms with Crippen LogP contribution in [0.5, 0.6) is 0 Å². The van der Waals surface area contributed by atoms with Crippen LogP contribution in [0.2, 0.25) is 0 Å². The van der Waals surface area contributed by atoms with Crippen molar-refractivity contribution in [2.24, 2.45) is 0 Å². The average Bonchev–Trinajstić information content (AvgIpc) is 2.96. The second-order valence-corrected chi connectivity index (χ2v) is 5.19. The van der Waals surface area contributed by atoms with Crippen LogP contribution in [0.1, 0.15) is 28.3 Å². The minimum Gasteiger partial charge on any atom is -0.462 e. The highest BCUT2D eigenvalue weighted by molar-refractivity contribution is 7.16. The number of alkyl halides is 1. The second kappa shape index (κ2) is 6.58. The van der Waals surface area contributed by atoms with Gasteiger partial charge in [-0.2, -0.15) is 0 Å². The number of thiazole rings is 1. The molecule has 0 bridgehead atoms. The van der Waals surface area contributed by atoms with Crippen LogP contribution in [0.25, 0.3) is 10.6 Å². The van der Waals surface area contributed by atoms with Crippen LogP contribution in [0, 0.1) is 5.82 Å². The smallest absolute Gasteiger partial charge is 0.349 e. The first-order chi connectivity index (χ1) is 10.0. The molecule has 21 heavy (non-hydrogen) atoms. The van der Waals surface area contributed by atoms with Gasteiger partial charge in [-0.3, -0.25) is 0 Å². The highest BCUT2D eigenvalue weighted by atomic mass is 32.1. The van der Waals surface area contributed by atoms with Gasteiger partial charge in [-0.25, -0.2) is 18.6 Å². The van der Waals surface area contributed by atoms with Gasteiger partial charge in [0.2, 0.25) is 0 Å². The molecule has 0 amide bonds. The number of carbonyl (C=O) groups is 1. The molecule has 2 aromatic rings. The molecule has 1 aromatic carbocycles. The molecule has 6 heteroatoms. The molecule has 0 saturated carbocycles. The van der Waals surface area contributed by atoms with Crippen molar-refractivity contribution in [2.45, 2.75) is 13.1 Å². The SMILES string of the molecule is C=CC(F)c1cc(F)cc(-c2ncc(C(=O)OCC)s2)c1. The summed E-state index contributed by atoms with van der Waals surface area (Å²) in [6, 6.07) is 3.84. The number of esters is 1. The third-order valence-electron chi connectivity index (χ3n) is 2.67. The van der Waals surface area contributed by atoms with E-state index in [1.807, 2.05) is 0 Å². The van der Waals surface area contributed by atoms with E-state index in [1.54, 1.807) is 6.92 Å². The summed E-state index contributed by atoms with van der Waals surface area (Å²) < 4.78 is 32.0. The fourth-order valence-electron chi connectivity index (χ4n) is 1.74. The van der Waals surface area contributed by atoms with Crippen LogP contribution >= 0.6 is 11.3 Å². The maximum atomic E-state index is 13.6. The number of allylic oxidation sites excluding steroid dienone is 1. The Morgan fingerprint density at radius 3 is 2.95 bits per heavy atom. The van der Waals surface area contributed by atoms with Crippen LogP contribution in [-0.2, 0) is 4.74 Å². The van der Waals surface area contributed by atoms with Crippen molar-refractivity contribution in [2.75, 3.05) is 6.61 Å². The molecule has 0 fully saturated rings. The zero-order valence-corrected chi connectivity index (χ0v) is 12.1. The lowest BCUT2D eigenvalue weighted by Gasteiger charge is -2.05. The summed E-state index contributed by atoms with van der Waals surface area (Å²) in [4.78, 5) is 16.0. The summed E-state index contributed by atoms with van der Waals surface area (Å²) in [5, 5.41) is 0.426. The van der Waals surface area contributed by atoms with Gasteiger partial charge in [-0.1, -0.05) is 12.7 Å². The molecule has 1 unspecified atom stereocenters. The number of halogens is 2. The van der Waals surface area contributed by atoms with E-state index in [9.17, 15) is 13.6 Å². The van der Waals surface area contributed by atoms with Crippen LogP contribution in [0.4, 0.5) is 8.78 Å². The van der Waals surface area contributed by atoms with Gasteiger partial charge in [0.15, 0.2) is 0 Å². The highest BCUT2D eigenvalue weighted by Crippen LogP contribution is 2.30. The lowest BCUT2D eigenvalue weighted by molar-refractivity contribution is 0.0532. The Hall–Kier alpha value is -2.08. The Morgan fingerprint density at radius 1 is 1.52 bits per heavy atom. The van der Waals surface area contributed by atoms with E-state index >= 15 is 0 Å². The zero-order chi connectivity index (χ0) is 15.4. The van der Waals surface area contributed by atoms with Gasteiger partial charge >= 0.3 is 5.97 Å². The first-order valence-electron chi connectivity index (χ1n) is 6.25. The van der Waals surface area contributed by atoms with E-state index in [1.165, 1.54) is 18.3 Å². The number of ether oxygens (including phenoxy) is 1. The van der Waals surface area contributed by atoms with Gasteiger partial charge in [0.1, 0.15) is 21.9 Å². The average molecular weight is 309 g/mol. The summed E-state index contributed by atoms with van der Waals surface area (Å²) in [5.41, 5.74) is 0.572. The van der Waals surface area contributed by atoms with E-state index in [-0.39, 0.29) is 12.2 Å². The van der Waals surface area contributed by atoms with Crippen molar-refractivity contribution in [1.29, 1.82) is 0 Å². The molecule has 3 nitrogen and oxygen atoms in total. The van der Waals surface area contributed by atoms with Gasteiger partial charge in [0, 0.05) is 5.56 Å². The lowest BCUT2D eigenvalue weighted by atomic mass is 10.1. The topological polar surface area (TPSA) is 39.2 Å². The maximum absolute atomic E-state index is 13.6. The lowest BCUT2D eigenvalue weighted by Crippen LogP contribution is -2.01. The monoisotopic (exact) mass is 309 g/mol. The second-order valence-electron chi connectivity index (χ2n) is 4.16. The van der Waals surface area contributed by atoms with Gasteiger partial charge in [0.25, 0.3) is 0 Å². The maximum Gasteiger partial charge on any atom is 0.349 e. The van der Waals surface area contributed by atoms with Crippen molar-refractivity contribution < 1.29 is 18.3 Å². The van der Waals surface area contributed by atoms with E-state index in [0.29, 0.717) is 15.4 Å². The van der Waals surface area contributed by atoms with E-state index < -0.39 is 18.0 Å². The third kappa shape index (κ3) is 3.52. The Kier molecular flexibility index (Phi) is 4.80. The van der Waals surface area contributed by atoms with Gasteiger partial charge in [0.05, 0.1) is 12.8 Å². The molecular formula is C15H13F2NO2S. The summed E-state index contributed by atoms with van der Waals surface area (Å²) >= 11 is 1.07. The third-order valence-corrected chi connectivity index (χ3v) is 3.70. The molecule has 1 aromatic heterocycles. The molecule has 0 aliphatic carbocycles. The van der Waals surface area contributed by atoms with Crippen LogP contribution < -0.4 is 0 Å². The Labute approximate surface area is 124 Å². The largest absolute Gasteiger partial charge is 0.462 e. The highest BCUT2D eigenvalue weighted by Gasteiger charge is 2.15. The van der Waals surface area contributed by atoms with Crippen molar-refractivity contribution in [1.82, 2.24) is 4.98 Å². The van der Waals surface area contributed by atoms with Gasteiger partial charge in [-0.15, -0.1) is 11.3 Å². The fraction of sp³-hybridized carbons (Fsp3) is 0.200. The fourth-order valence-corrected chi connectivity index (χ4v) is 2.53. The van der Waals surface area contributed by atoms with Crippen LogP contribution in [-0.4, -0.2) is 17.6 Å². The van der Waals surface area contributed by atoms with E-state index in [0.717, 1.165) is 23.5 Å². The van der Waals surface area contributed by atoms with Crippen LogP contribution in [0.3, 0.4) is 0 Å². The Morgan fingerprint density at radius 2 is 2.29 bits per heavy atom. The molecule has 1 atom stereocenters. The Balaban J connectivity index is 2.36. The van der Waals surface area contributed by atoms with Crippen molar-refractivity contribution in [3.05, 3.63) is 53.3 Å². The number of nitrogens with zero attached hydrogens (tertiary/aromatic N) is 1. The predicted molar refractivity (Wildman–Crippen MR) is 77.5 cm³/mol. The van der Waals surface area contributed by atoms with E-state index in [2.05, 4.69) is 11.6 Å². The molecule has 0 saturated heterocycles. The molecule has 0 radical (unpaired) electrons. The molecule has 0 spiro atoms. The Bertz CT molecular complexity index is 669. The molecular weight excluding hydrogens is 296 g/mol. The number of carbonyl (C=O) groups excluding carboxylic acids is 1. The number of benzene rings is 1. The normalized spacial score (nSPS) is 12.0. The minimum atomic E-state index is -1.45. The summed E-state index contributed by atoms with van der Waals surface area (Å²) in [7, 11) is 0. The zero-order valence-electron chi connectivity index (χ0n) is 11.3. The van der Waals surface area contributed by atoms with Crippen molar-refractivity contribution in [3.8, 4) is 10.6 Å². The van der Waals surface area contributed by atoms with Crippen molar-refractivity contribution >= 4 is 17.3 Å². The number of aromatic nitrogens is 1. The molecule has 0 aliphatic rings. The number of hydrogen-bond acceptors (Lipinski definition) is 4. The van der Waals surface area contributed by atoms with E-state index in [4.69, 9.17) is 4.74 Å².